The highest BCUT2D eigenvalue weighted by Crippen LogP contribution is 2.19. The van der Waals surface area contributed by atoms with Gasteiger partial charge in [0.15, 0.2) is 5.96 Å². The van der Waals surface area contributed by atoms with Gasteiger partial charge in [0.2, 0.25) is 0 Å². The van der Waals surface area contributed by atoms with E-state index in [-0.39, 0.29) is 0 Å². The molecule has 26 heavy (non-hydrogen) atoms. The summed E-state index contributed by atoms with van der Waals surface area (Å²) >= 11 is 1.70. The van der Waals surface area contributed by atoms with Crippen LogP contribution in [-0.4, -0.2) is 54.0 Å². The standard InChI is InChI=1S/C20H29N5S/c1-16-23-18(15-26-16)14-24(3)20(21-2)22-12-19-10-7-11-25(19)13-17-8-5-4-6-9-17/h4-6,8-9,15,19H,7,10-14H2,1-3H3,(H,21,22). The molecule has 0 aliphatic carbocycles. The predicted octanol–water partition coefficient (Wildman–Crippen LogP) is 3.12. The van der Waals surface area contributed by atoms with Gasteiger partial charge < -0.3 is 10.2 Å². The number of benzene rings is 1. The fraction of sp³-hybridized carbons (Fsp3) is 0.500. The monoisotopic (exact) mass is 371 g/mol. The first-order chi connectivity index (χ1) is 12.7. The molecule has 140 valence electrons. The Kier molecular flexibility index (Phi) is 6.63. The van der Waals surface area contributed by atoms with Crippen LogP contribution in [0.25, 0.3) is 0 Å². The fourth-order valence-corrected chi connectivity index (χ4v) is 4.15. The first-order valence-corrected chi connectivity index (χ1v) is 10.1. The maximum absolute atomic E-state index is 4.55. The molecule has 0 radical (unpaired) electrons. The summed E-state index contributed by atoms with van der Waals surface area (Å²) in [6.07, 6.45) is 2.51. The third-order valence-electron chi connectivity index (χ3n) is 4.86. The Morgan fingerprint density at radius 1 is 1.38 bits per heavy atom. The highest BCUT2D eigenvalue weighted by molar-refractivity contribution is 7.09. The second kappa shape index (κ2) is 9.14. The summed E-state index contributed by atoms with van der Waals surface area (Å²) < 4.78 is 0. The van der Waals surface area contributed by atoms with Crippen molar-refractivity contribution in [3.8, 4) is 0 Å². The van der Waals surface area contributed by atoms with Crippen LogP contribution in [0.4, 0.5) is 0 Å². The lowest BCUT2D eigenvalue weighted by Gasteiger charge is -2.27. The molecule has 1 fully saturated rings. The van der Waals surface area contributed by atoms with E-state index in [2.05, 4.69) is 67.9 Å². The van der Waals surface area contributed by atoms with Crippen LogP contribution in [-0.2, 0) is 13.1 Å². The number of nitrogens with zero attached hydrogens (tertiary/aromatic N) is 4. The molecule has 2 heterocycles. The Bertz CT molecular complexity index is 712. The Morgan fingerprint density at radius 2 is 2.19 bits per heavy atom. The van der Waals surface area contributed by atoms with Crippen molar-refractivity contribution in [2.24, 2.45) is 4.99 Å². The van der Waals surface area contributed by atoms with Crippen LogP contribution in [0.15, 0.2) is 40.7 Å². The van der Waals surface area contributed by atoms with Crippen LogP contribution in [0.3, 0.4) is 0 Å². The van der Waals surface area contributed by atoms with Crippen molar-refractivity contribution in [3.63, 3.8) is 0 Å². The van der Waals surface area contributed by atoms with Gasteiger partial charge in [-0.2, -0.15) is 0 Å². The lowest BCUT2D eigenvalue weighted by Crippen LogP contribution is -2.45. The number of likely N-dealkylation sites (tertiary alicyclic amines) is 1. The van der Waals surface area contributed by atoms with E-state index in [4.69, 9.17) is 0 Å². The van der Waals surface area contributed by atoms with Crippen molar-refractivity contribution in [2.45, 2.75) is 38.9 Å². The molecular formula is C20H29N5S. The van der Waals surface area contributed by atoms with Gasteiger partial charge in [0, 0.05) is 38.6 Å². The van der Waals surface area contributed by atoms with Crippen LogP contribution in [0.5, 0.6) is 0 Å². The molecule has 0 spiro atoms. The van der Waals surface area contributed by atoms with E-state index in [9.17, 15) is 0 Å². The normalized spacial score (nSPS) is 18.3. The molecule has 3 rings (SSSR count). The Balaban J connectivity index is 1.52. The Labute approximate surface area is 160 Å². The zero-order valence-corrected chi connectivity index (χ0v) is 16.8. The number of rotatable bonds is 6. The van der Waals surface area contributed by atoms with E-state index in [0.717, 1.165) is 36.3 Å². The van der Waals surface area contributed by atoms with Crippen LogP contribution >= 0.6 is 11.3 Å². The van der Waals surface area contributed by atoms with Gasteiger partial charge in [0.25, 0.3) is 0 Å². The molecule has 0 saturated carbocycles. The number of hydrogen-bond donors (Lipinski definition) is 1. The zero-order chi connectivity index (χ0) is 18.4. The smallest absolute Gasteiger partial charge is 0.193 e. The van der Waals surface area contributed by atoms with Crippen molar-refractivity contribution >= 4 is 17.3 Å². The Hall–Kier alpha value is -1.92. The largest absolute Gasteiger partial charge is 0.355 e. The first-order valence-electron chi connectivity index (χ1n) is 9.26. The van der Waals surface area contributed by atoms with Crippen molar-refractivity contribution in [2.75, 3.05) is 27.2 Å². The first kappa shape index (κ1) is 18.9. The van der Waals surface area contributed by atoms with Gasteiger partial charge in [-0.3, -0.25) is 9.89 Å². The molecule has 1 aromatic heterocycles. The summed E-state index contributed by atoms with van der Waals surface area (Å²) in [4.78, 5) is 13.7. The van der Waals surface area contributed by atoms with Crippen LogP contribution < -0.4 is 5.32 Å². The summed E-state index contributed by atoms with van der Waals surface area (Å²) in [6, 6.07) is 11.3. The third kappa shape index (κ3) is 5.05. The summed E-state index contributed by atoms with van der Waals surface area (Å²) in [5.74, 6) is 0.933. The van der Waals surface area contributed by atoms with E-state index in [0.29, 0.717) is 6.04 Å². The lowest BCUT2D eigenvalue weighted by atomic mass is 10.2. The molecule has 5 nitrogen and oxygen atoms in total. The van der Waals surface area contributed by atoms with E-state index >= 15 is 0 Å². The number of hydrogen-bond acceptors (Lipinski definition) is 4. The number of aromatic nitrogens is 1. The van der Waals surface area contributed by atoms with E-state index < -0.39 is 0 Å². The summed E-state index contributed by atoms with van der Waals surface area (Å²) in [5, 5.41) is 6.80. The molecule has 6 heteroatoms. The minimum Gasteiger partial charge on any atom is -0.355 e. The molecule has 1 aromatic carbocycles. The van der Waals surface area contributed by atoms with Gasteiger partial charge >= 0.3 is 0 Å². The average Bonchev–Trinajstić information content (AvgIpc) is 3.25. The minimum atomic E-state index is 0.557. The Morgan fingerprint density at radius 3 is 2.88 bits per heavy atom. The van der Waals surface area contributed by atoms with Gasteiger partial charge in [-0.1, -0.05) is 30.3 Å². The second-order valence-corrected chi connectivity index (χ2v) is 7.96. The van der Waals surface area contributed by atoms with Gasteiger partial charge in [0.05, 0.1) is 17.2 Å². The molecule has 1 saturated heterocycles. The number of aryl methyl sites for hydroxylation is 1. The molecular weight excluding hydrogens is 342 g/mol. The number of thiazole rings is 1. The molecule has 1 aliphatic rings. The SMILES string of the molecule is CN=C(NCC1CCCN1Cc1ccccc1)N(C)Cc1csc(C)n1. The molecule has 1 atom stereocenters. The van der Waals surface area contributed by atoms with Gasteiger partial charge in [-0.05, 0) is 31.9 Å². The summed E-state index contributed by atoms with van der Waals surface area (Å²) in [7, 11) is 3.92. The number of aliphatic imine (C=N–C) groups is 1. The molecule has 0 amide bonds. The van der Waals surface area contributed by atoms with Gasteiger partial charge in [-0.25, -0.2) is 4.98 Å². The highest BCUT2D eigenvalue weighted by Gasteiger charge is 2.24. The maximum Gasteiger partial charge on any atom is 0.193 e. The van der Waals surface area contributed by atoms with Crippen molar-refractivity contribution in [3.05, 3.63) is 52.0 Å². The third-order valence-corrected chi connectivity index (χ3v) is 5.68. The van der Waals surface area contributed by atoms with E-state index in [1.807, 2.05) is 14.0 Å². The molecule has 2 aromatic rings. The quantitative estimate of drug-likeness (QED) is 0.626. The molecule has 1 unspecified atom stereocenters. The van der Waals surface area contributed by atoms with Gasteiger partial charge in [0.1, 0.15) is 0 Å². The maximum atomic E-state index is 4.55. The number of nitrogens with one attached hydrogen (secondary N) is 1. The average molecular weight is 372 g/mol. The van der Waals surface area contributed by atoms with Crippen LogP contribution in [0, 0.1) is 6.92 Å². The van der Waals surface area contributed by atoms with Gasteiger partial charge in [-0.15, -0.1) is 11.3 Å². The number of guanidine groups is 1. The minimum absolute atomic E-state index is 0.557. The van der Waals surface area contributed by atoms with Crippen LogP contribution in [0.1, 0.15) is 29.1 Å². The second-order valence-electron chi connectivity index (χ2n) is 6.89. The van der Waals surface area contributed by atoms with Crippen molar-refractivity contribution in [1.82, 2.24) is 20.1 Å². The highest BCUT2D eigenvalue weighted by atomic mass is 32.1. The zero-order valence-electron chi connectivity index (χ0n) is 16.0. The lowest BCUT2D eigenvalue weighted by molar-refractivity contribution is 0.243. The van der Waals surface area contributed by atoms with E-state index in [1.165, 1.54) is 24.9 Å². The van der Waals surface area contributed by atoms with E-state index in [1.54, 1.807) is 11.3 Å². The summed E-state index contributed by atoms with van der Waals surface area (Å²) in [5.41, 5.74) is 2.49. The van der Waals surface area contributed by atoms with Crippen molar-refractivity contribution < 1.29 is 0 Å². The van der Waals surface area contributed by atoms with Crippen LogP contribution in [0.2, 0.25) is 0 Å². The molecule has 1 N–H and O–H groups in total. The fourth-order valence-electron chi connectivity index (χ4n) is 3.54. The predicted molar refractivity (Wildman–Crippen MR) is 110 cm³/mol. The topological polar surface area (TPSA) is 43.8 Å². The summed E-state index contributed by atoms with van der Waals surface area (Å²) in [6.45, 7) is 5.96. The van der Waals surface area contributed by atoms with Crippen molar-refractivity contribution in [1.29, 1.82) is 0 Å². The molecule has 0 bridgehead atoms. The molecule has 1 aliphatic heterocycles.